The molecule has 0 aliphatic heterocycles. The van der Waals surface area contributed by atoms with E-state index >= 15 is 0 Å². The van der Waals surface area contributed by atoms with E-state index in [-0.39, 0.29) is 5.91 Å². The van der Waals surface area contributed by atoms with Gasteiger partial charge >= 0.3 is 0 Å². The summed E-state index contributed by atoms with van der Waals surface area (Å²) in [6.07, 6.45) is 3.31. The standard InChI is InChI=1S/C19H17N3O/c1-14-18(19(22-21-14)16-10-6-3-7-11-16)20-17(23)13-12-15-8-4-2-5-9-15/h2-13H,1H3,(H,20,23)(H,21,22)/b13-12+. The zero-order chi connectivity index (χ0) is 16.1. The first-order chi connectivity index (χ1) is 11.2. The van der Waals surface area contributed by atoms with Gasteiger partial charge < -0.3 is 5.32 Å². The van der Waals surface area contributed by atoms with E-state index in [0.29, 0.717) is 5.69 Å². The number of nitrogens with zero attached hydrogens (tertiary/aromatic N) is 1. The van der Waals surface area contributed by atoms with Gasteiger partial charge in [-0.1, -0.05) is 60.7 Å². The van der Waals surface area contributed by atoms with Crippen LogP contribution >= 0.6 is 0 Å². The lowest BCUT2D eigenvalue weighted by Gasteiger charge is -2.04. The maximum Gasteiger partial charge on any atom is 0.248 e. The minimum atomic E-state index is -0.185. The lowest BCUT2D eigenvalue weighted by molar-refractivity contribution is -0.111. The van der Waals surface area contributed by atoms with E-state index in [1.54, 1.807) is 6.08 Å². The van der Waals surface area contributed by atoms with Crippen LogP contribution in [0.4, 0.5) is 5.69 Å². The molecule has 2 N–H and O–H groups in total. The number of rotatable bonds is 4. The van der Waals surface area contributed by atoms with Crippen LogP contribution in [0, 0.1) is 6.92 Å². The molecule has 0 unspecified atom stereocenters. The summed E-state index contributed by atoms with van der Waals surface area (Å²) in [6, 6.07) is 19.5. The molecule has 114 valence electrons. The summed E-state index contributed by atoms with van der Waals surface area (Å²) in [5.41, 5.74) is 4.21. The number of H-pyrrole nitrogens is 1. The summed E-state index contributed by atoms with van der Waals surface area (Å²) >= 11 is 0. The molecular weight excluding hydrogens is 286 g/mol. The number of nitrogens with one attached hydrogen (secondary N) is 2. The van der Waals surface area contributed by atoms with E-state index in [1.165, 1.54) is 6.08 Å². The Morgan fingerprint density at radius 3 is 2.39 bits per heavy atom. The lowest BCUT2D eigenvalue weighted by atomic mass is 10.1. The first kappa shape index (κ1) is 14.8. The highest BCUT2D eigenvalue weighted by molar-refractivity contribution is 6.04. The molecule has 0 radical (unpaired) electrons. The predicted molar refractivity (Wildman–Crippen MR) is 92.9 cm³/mol. The molecule has 2 aromatic carbocycles. The highest BCUT2D eigenvalue weighted by Crippen LogP contribution is 2.28. The maximum absolute atomic E-state index is 12.2. The number of aryl methyl sites for hydroxylation is 1. The molecule has 0 saturated heterocycles. The van der Waals surface area contributed by atoms with Crippen LogP contribution in [0.25, 0.3) is 17.3 Å². The topological polar surface area (TPSA) is 57.8 Å². The van der Waals surface area contributed by atoms with Crippen molar-refractivity contribution in [3.63, 3.8) is 0 Å². The number of aromatic nitrogens is 2. The summed E-state index contributed by atoms with van der Waals surface area (Å²) in [5, 5.41) is 10.1. The number of benzene rings is 2. The molecule has 3 aromatic rings. The third kappa shape index (κ3) is 3.55. The Morgan fingerprint density at radius 2 is 1.70 bits per heavy atom. The normalized spacial score (nSPS) is 10.8. The number of carbonyl (C=O) groups excluding carboxylic acids is 1. The molecule has 0 spiro atoms. The molecule has 4 heteroatoms. The Labute approximate surface area is 134 Å². The molecule has 0 fully saturated rings. The van der Waals surface area contributed by atoms with E-state index < -0.39 is 0 Å². The number of hydrogen-bond acceptors (Lipinski definition) is 2. The van der Waals surface area contributed by atoms with Crippen molar-refractivity contribution in [1.82, 2.24) is 10.2 Å². The number of carbonyl (C=O) groups is 1. The van der Waals surface area contributed by atoms with Crippen molar-refractivity contribution in [3.8, 4) is 11.3 Å². The van der Waals surface area contributed by atoms with Crippen LogP contribution in [-0.2, 0) is 4.79 Å². The molecule has 0 aliphatic rings. The fourth-order valence-electron chi connectivity index (χ4n) is 2.29. The molecule has 1 amide bonds. The van der Waals surface area contributed by atoms with Crippen molar-refractivity contribution in [2.45, 2.75) is 6.92 Å². The Bertz CT molecular complexity index is 820. The van der Waals surface area contributed by atoms with Crippen LogP contribution in [0.5, 0.6) is 0 Å². The average Bonchev–Trinajstić information content (AvgIpc) is 2.95. The van der Waals surface area contributed by atoms with Gasteiger partial charge in [-0.15, -0.1) is 0 Å². The summed E-state index contributed by atoms with van der Waals surface area (Å²) in [6.45, 7) is 1.88. The van der Waals surface area contributed by atoms with E-state index in [2.05, 4.69) is 15.5 Å². The summed E-state index contributed by atoms with van der Waals surface area (Å²) in [7, 11) is 0. The van der Waals surface area contributed by atoms with Gasteiger partial charge in [0.1, 0.15) is 5.69 Å². The molecule has 0 atom stereocenters. The molecule has 0 bridgehead atoms. The Hall–Kier alpha value is -3.14. The molecule has 3 rings (SSSR count). The fourth-order valence-corrected chi connectivity index (χ4v) is 2.29. The zero-order valence-corrected chi connectivity index (χ0v) is 12.8. The quantitative estimate of drug-likeness (QED) is 0.715. The highest BCUT2D eigenvalue weighted by Gasteiger charge is 2.13. The van der Waals surface area contributed by atoms with Gasteiger partial charge in [-0.25, -0.2) is 0 Å². The number of anilines is 1. The highest BCUT2D eigenvalue weighted by atomic mass is 16.1. The molecule has 0 saturated carbocycles. The summed E-state index contributed by atoms with van der Waals surface area (Å²) in [5.74, 6) is -0.185. The minimum absolute atomic E-state index is 0.185. The summed E-state index contributed by atoms with van der Waals surface area (Å²) < 4.78 is 0. The van der Waals surface area contributed by atoms with Gasteiger partial charge in [0.05, 0.1) is 11.4 Å². The summed E-state index contributed by atoms with van der Waals surface area (Å²) in [4.78, 5) is 12.2. The van der Waals surface area contributed by atoms with Crippen molar-refractivity contribution >= 4 is 17.7 Å². The van der Waals surface area contributed by atoms with Crippen molar-refractivity contribution in [2.75, 3.05) is 5.32 Å². The maximum atomic E-state index is 12.2. The number of hydrogen-bond donors (Lipinski definition) is 2. The van der Waals surface area contributed by atoms with Gasteiger partial charge in [-0.2, -0.15) is 5.10 Å². The average molecular weight is 303 g/mol. The lowest BCUT2D eigenvalue weighted by Crippen LogP contribution is -2.09. The Balaban J connectivity index is 1.79. The molecule has 0 aliphatic carbocycles. The predicted octanol–water partition coefficient (Wildman–Crippen LogP) is 4.04. The van der Waals surface area contributed by atoms with Crippen molar-refractivity contribution in [1.29, 1.82) is 0 Å². The van der Waals surface area contributed by atoms with Crippen LogP contribution in [0.1, 0.15) is 11.3 Å². The van der Waals surface area contributed by atoms with Gasteiger partial charge in [0.25, 0.3) is 0 Å². The molecular formula is C19H17N3O. The number of aromatic amines is 1. The first-order valence-electron chi connectivity index (χ1n) is 7.38. The second-order valence-corrected chi connectivity index (χ2v) is 5.17. The zero-order valence-electron chi connectivity index (χ0n) is 12.8. The fraction of sp³-hybridized carbons (Fsp3) is 0.0526. The van der Waals surface area contributed by atoms with Crippen LogP contribution in [0.2, 0.25) is 0 Å². The van der Waals surface area contributed by atoms with Gasteiger partial charge in [0.2, 0.25) is 5.91 Å². The second kappa shape index (κ2) is 6.75. The van der Waals surface area contributed by atoms with Crippen molar-refractivity contribution in [2.24, 2.45) is 0 Å². The van der Waals surface area contributed by atoms with Gasteiger partial charge in [0, 0.05) is 11.6 Å². The molecule has 1 heterocycles. The minimum Gasteiger partial charge on any atom is -0.319 e. The molecule has 4 nitrogen and oxygen atoms in total. The van der Waals surface area contributed by atoms with Crippen molar-refractivity contribution in [3.05, 3.63) is 78.0 Å². The third-order valence-electron chi connectivity index (χ3n) is 3.47. The van der Waals surface area contributed by atoms with Gasteiger partial charge in [-0.3, -0.25) is 9.89 Å². The van der Waals surface area contributed by atoms with Gasteiger partial charge in [0.15, 0.2) is 0 Å². The van der Waals surface area contributed by atoms with E-state index in [9.17, 15) is 4.79 Å². The second-order valence-electron chi connectivity index (χ2n) is 5.17. The van der Waals surface area contributed by atoms with E-state index in [4.69, 9.17) is 0 Å². The van der Waals surface area contributed by atoms with Crippen LogP contribution < -0.4 is 5.32 Å². The van der Waals surface area contributed by atoms with Crippen LogP contribution in [-0.4, -0.2) is 16.1 Å². The SMILES string of the molecule is Cc1[nH]nc(-c2ccccc2)c1NC(=O)/C=C/c1ccccc1. The van der Waals surface area contributed by atoms with Gasteiger partial charge in [-0.05, 0) is 18.6 Å². The third-order valence-corrected chi connectivity index (χ3v) is 3.47. The number of amides is 1. The van der Waals surface area contributed by atoms with E-state index in [0.717, 1.165) is 22.5 Å². The Morgan fingerprint density at radius 1 is 1.04 bits per heavy atom. The largest absolute Gasteiger partial charge is 0.319 e. The van der Waals surface area contributed by atoms with Crippen LogP contribution in [0.15, 0.2) is 66.7 Å². The Kier molecular flexibility index (Phi) is 4.34. The van der Waals surface area contributed by atoms with Crippen molar-refractivity contribution < 1.29 is 4.79 Å². The van der Waals surface area contributed by atoms with Crippen LogP contribution in [0.3, 0.4) is 0 Å². The monoisotopic (exact) mass is 303 g/mol. The molecule has 1 aromatic heterocycles. The molecule has 23 heavy (non-hydrogen) atoms. The first-order valence-corrected chi connectivity index (χ1v) is 7.38. The smallest absolute Gasteiger partial charge is 0.248 e. The van der Waals surface area contributed by atoms with E-state index in [1.807, 2.05) is 67.6 Å².